The molecule has 1 aromatic heterocycles. The lowest BCUT2D eigenvalue weighted by Crippen LogP contribution is -2.45. The van der Waals surface area contributed by atoms with Crippen molar-refractivity contribution < 1.29 is 24.5 Å². The molecule has 0 unspecified atom stereocenters. The average molecular weight is 420 g/mol. The van der Waals surface area contributed by atoms with Crippen molar-refractivity contribution in [3.05, 3.63) is 62.9 Å². The van der Waals surface area contributed by atoms with Crippen molar-refractivity contribution in [1.82, 2.24) is 10.3 Å². The Kier molecular flexibility index (Phi) is 7.05. The molecule has 0 bridgehead atoms. The van der Waals surface area contributed by atoms with E-state index in [9.17, 15) is 19.8 Å². The second kappa shape index (κ2) is 9.05. The van der Waals surface area contributed by atoms with Gasteiger partial charge in [-0.25, -0.2) is 14.6 Å². The van der Waals surface area contributed by atoms with E-state index < -0.39 is 24.2 Å². The number of aliphatic carboxylic acids is 1. The van der Waals surface area contributed by atoms with Gasteiger partial charge in [-0.1, -0.05) is 65.1 Å². The van der Waals surface area contributed by atoms with Crippen LogP contribution >= 0.6 is 34.8 Å². The van der Waals surface area contributed by atoms with Crippen LogP contribution < -0.4 is 5.32 Å². The van der Waals surface area contributed by atoms with E-state index in [4.69, 9.17) is 39.5 Å². The minimum atomic E-state index is -1.78. The van der Waals surface area contributed by atoms with E-state index in [-0.39, 0.29) is 27.5 Å². The number of hydrogen-bond acceptors (Lipinski definition) is 5. The van der Waals surface area contributed by atoms with Crippen molar-refractivity contribution in [3.63, 3.8) is 0 Å². The second-order valence-electron chi connectivity index (χ2n) is 5.10. The number of hydrogen-bond donors (Lipinski definition) is 3. The first kappa shape index (κ1) is 20.3. The van der Waals surface area contributed by atoms with Crippen LogP contribution in [0.15, 0.2) is 36.4 Å². The highest BCUT2D eigenvalue weighted by Gasteiger charge is 2.33. The number of halogens is 3. The summed E-state index contributed by atoms with van der Waals surface area (Å²) >= 11 is 17.5. The Bertz CT molecular complexity index is 781. The van der Waals surface area contributed by atoms with Crippen LogP contribution in [-0.4, -0.2) is 33.3 Å². The SMILES string of the molecule is O=C(N[C@H](C(=O)O)[C@H](O)c1c(Cl)cc(Cl)nc1Cl)OCc1ccccc1. The minimum absolute atomic E-state index is 0.0296. The zero-order chi connectivity index (χ0) is 19.3. The van der Waals surface area contributed by atoms with E-state index in [1.807, 2.05) is 0 Å². The van der Waals surface area contributed by atoms with Crippen LogP contribution in [0.3, 0.4) is 0 Å². The molecule has 26 heavy (non-hydrogen) atoms. The van der Waals surface area contributed by atoms with Crippen LogP contribution in [0.1, 0.15) is 17.2 Å². The van der Waals surface area contributed by atoms with E-state index in [1.165, 1.54) is 6.07 Å². The molecule has 0 spiro atoms. The molecule has 10 heteroatoms. The first-order chi connectivity index (χ1) is 12.3. The number of alkyl carbamates (subject to hydrolysis) is 1. The fourth-order valence-electron chi connectivity index (χ4n) is 2.06. The highest BCUT2D eigenvalue weighted by atomic mass is 35.5. The summed E-state index contributed by atoms with van der Waals surface area (Å²) in [6.45, 7) is -0.0703. The molecule has 0 fully saturated rings. The van der Waals surface area contributed by atoms with E-state index in [2.05, 4.69) is 10.3 Å². The number of amides is 1. The summed E-state index contributed by atoms with van der Waals surface area (Å²) in [5.41, 5.74) is 0.538. The summed E-state index contributed by atoms with van der Waals surface area (Å²) in [5, 5.41) is 21.3. The molecule has 2 atom stereocenters. The minimum Gasteiger partial charge on any atom is -0.480 e. The number of benzene rings is 1. The largest absolute Gasteiger partial charge is 0.480 e. The van der Waals surface area contributed by atoms with Crippen LogP contribution in [0.2, 0.25) is 15.3 Å². The number of nitrogens with zero attached hydrogens (tertiary/aromatic N) is 1. The van der Waals surface area contributed by atoms with Gasteiger partial charge in [0.05, 0.1) is 5.02 Å². The molecule has 1 heterocycles. The number of aliphatic hydroxyl groups excluding tert-OH is 1. The Labute approximate surface area is 163 Å². The van der Waals surface area contributed by atoms with Gasteiger partial charge in [0, 0.05) is 5.56 Å². The number of rotatable bonds is 6. The number of carbonyl (C=O) groups excluding carboxylic acids is 1. The maximum Gasteiger partial charge on any atom is 0.408 e. The Balaban J connectivity index is 2.11. The maximum atomic E-state index is 11.9. The quantitative estimate of drug-likeness (QED) is 0.619. The van der Waals surface area contributed by atoms with Gasteiger partial charge in [0.25, 0.3) is 0 Å². The molecular formula is C16H13Cl3N2O5. The normalized spacial score (nSPS) is 12.9. The van der Waals surface area contributed by atoms with Gasteiger partial charge in [0.2, 0.25) is 0 Å². The Morgan fingerprint density at radius 3 is 2.42 bits per heavy atom. The Morgan fingerprint density at radius 1 is 1.19 bits per heavy atom. The summed E-state index contributed by atoms with van der Waals surface area (Å²) in [6.07, 6.45) is -2.81. The van der Waals surface area contributed by atoms with Gasteiger partial charge in [0.1, 0.15) is 23.0 Å². The van der Waals surface area contributed by atoms with E-state index in [0.29, 0.717) is 5.56 Å². The summed E-state index contributed by atoms with van der Waals surface area (Å²) < 4.78 is 4.95. The van der Waals surface area contributed by atoms with E-state index in [0.717, 1.165) is 0 Å². The topological polar surface area (TPSA) is 109 Å². The van der Waals surface area contributed by atoms with Gasteiger partial charge in [-0.3, -0.25) is 0 Å². The van der Waals surface area contributed by atoms with Crippen LogP contribution in [0.25, 0.3) is 0 Å². The first-order valence-electron chi connectivity index (χ1n) is 7.19. The molecule has 0 aliphatic rings. The smallest absolute Gasteiger partial charge is 0.408 e. The van der Waals surface area contributed by atoms with Crippen LogP contribution in [-0.2, 0) is 16.1 Å². The van der Waals surface area contributed by atoms with Gasteiger partial charge in [-0.2, -0.15) is 0 Å². The van der Waals surface area contributed by atoms with E-state index >= 15 is 0 Å². The summed E-state index contributed by atoms with van der Waals surface area (Å²) in [6, 6.07) is 8.21. The molecule has 0 saturated heterocycles. The third-order valence-electron chi connectivity index (χ3n) is 3.29. The standard InChI is InChI=1S/C16H13Cl3N2O5/c17-9-6-10(18)20-14(19)11(9)13(22)12(15(23)24)21-16(25)26-7-8-4-2-1-3-5-8/h1-6,12-13,22H,7H2,(H,21,25)(H,23,24)/t12-,13+/m0/s1. The summed E-state index contributed by atoms with van der Waals surface area (Å²) in [5.74, 6) is -1.52. The lowest BCUT2D eigenvalue weighted by molar-refractivity contribution is -0.142. The molecular weight excluding hydrogens is 407 g/mol. The fraction of sp³-hybridized carbons (Fsp3) is 0.188. The van der Waals surface area contributed by atoms with Crippen molar-refractivity contribution >= 4 is 46.9 Å². The predicted octanol–water partition coefficient (Wildman–Crippen LogP) is 3.45. The summed E-state index contributed by atoms with van der Waals surface area (Å²) in [7, 11) is 0. The molecule has 7 nitrogen and oxygen atoms in total. The zero-order valence-electron chi connectivity index (χ0n) is 13.0. The molecule has 0 aliphatic heterocycles. The number of pyridine rings is 1. The van der Waals surface area contributed by atoms with Crippen LogP contribution in [0.5, 0.6) is 0 Å². The number of nitrogens with one attached hydrogen (secondary N) is 1. The number of aliphatic hydroxyl groups is 1. The summed E-state index contributed by atoms with van der Waals surface area (Å²) in [4.78, 5) is 27.0. The first-order valence-corrected chi connectivity index (χ1v) is 8.32. The molecule has 0 aliphatic carbocycles. The molecule has 1 aromatic carbocycles. The zero-order valence-corrected chi connectivity index (χ0v) is 15.3. The van der Waals surface area contributed by atoms with Gasteiger partial charge in [-0.05, 0) is 11.6 Å². The van der Waals surface area contributed by atoms with E-state index in [1.54, 1.807) is 30.3 Å². The molecule has 3 N–H and O–H groups in total. The maximum absolute atomic E-state index is 11.9. The molecule has 138 valence electrons. The molecule has 1 amide bonds. The number of ether oxygens (including phenoxy) is 1. The molecule has 0 saturated carbocycles. The highest BCUT2D eigenvalue weighted by molar-refractivity contribution is 6.37. The third kappa shape index (κ3) is 5.22. The number of carboxylic acids is 1. The third-order valence-corrected chi connectivity index (χ3v) is 4.09. The Hall–Kier alpha value is -2.06. The average Bonchev–Trinajstić information content (AvgIpc) is 2.57. The van der Waals surface area contributed by atoms with Gasteiger partial charge in [-0.15, -0.1) is 0 Å². The Morgan fingerprint density at radius 2 is 1.85 bits per heavy atom. The predicted molar refractivity (Wildman–Crippen MR) is 95.4 cm³/mol. The van der Waals surface area contributed by atoms with Gasteiger partial charge in [0.15, 0.2) is 6.04 Å². The van der Waals surface area contributed by atoms with Gasteiger partial charge < -0.3 is 20.3 Å². The van der Waals surface area contributed by atoms with Crippen molar-refractivity contribution in [2.75, 3.05) is 0 Å². The molecule has 2 rings (SSSR count). The van der Waals surface area contributed by atoms with Crippen molar-refractivity contribution in [1.29, 1.82) is 0 Å². The van der Waals surface area contributed by atoms with Crippen LogP contribution in [0, 0.1) is 0 Å². The lowest BCUT2D eigenvalue weighted by Gasteiger charge is -2.22. The number of carbonyl (C=O) groups is 2. The molecule has 0 radical (unpaired) electrons. The van der Waals surface area contributed by atoms with Crippen molar-refractivity contribution in [2.45, 2.75) is 18.8 Å². The fourth-order valence-corrected chi connectivity index (χ4v) is 3.01. The molecule has 2 aromatic rings. The van der Waals surface area contributed by atoms with Gasteiger partial charge >= 0.3 is 12.1 Å². The number of aromatic nitrogens is 1. The monoisotopic (exact) mass is 418 g/mol. The lowest BCUT2D eigenvalue weighted by atomic mass is 10.0. The number of carboxylic acid groups (broad SMARTS) is 1. The van der Waals surface area contributed by atoms with Crippen molar-refractivity contribution in [3.8, 4) is 0 Å². The second-order valence-corrected chi connectivity index (χ2v) is 6.25. The van der Waals surface area contributed by atoms with Crippen molar-refractivity contribution in [2.24, 2.45) is 0 Å². The highest BCUT2D eigenvalue weighted by Crippen LogP contribution is 2.33. The van der Waals surface area contributed by atoms with Crippen LogP contribution in [0.4, 0.5) is 4.79 Å².